The van der Waals surface area contributed by atoms with E-state index in [0.29, 0.717) is 47.9 Å². The first-order valence-corrected chi connectivity index (χ1v) is 15.4. The Morgan fingerprint density at radius 1 is 1.04 bits per heavy atom. The number of nitrogens with one attached hydrogen (secondary N) is 2. The number of carbonyl (C=O) groups excluding carboxylic acids is 1. The molecule has 0 saturated heterocycles. The lowest BCUT2D eigenvalue weighted by Crippen LogP contribution is -2.22. The third-order valence-corrected chi connectivity index (χ3v) is 7.67. The molecule has 1 aliphatic carbocycles. The molecule has 11 heteroatoms. The first-order chi connectivity index (χ1) is 21.6. The van der Waals surface area contributed by atoms with Gasteiger partial charge in [-0.15, -0.1) is 0 Å². The fourth-order valence-corrected chi connectivity index (χ4v) is 5.11. The summed E-state index contributed by atoms with van der Waals surface area (Å²) in [5, 5.41) is 11.2. The van der Waals surface area contributed by atoms with Crippen molar-refractivity contribution in [1.29, 1.82) is 0 Å². The summed E-state index contributed by atoms with van der Waals surface area (Å²) in [5.41, 5.74) is 3.56. The molecule has 0 spiro atoms. The van der Waals surface area contributed by atoms with Crippen molar-refractivity contribution in [3.63, 3.8) is 0 Å². The minimum absolute atomic E-state index is 0.000492. The zero-order valence-corrected chi connectivity index (χ0v) is 26.4. The number of amides is 1. The number of imidazole rings is 1. The number of fused-ring (bicyclic) bond motifs is 1. The van der Waals surface area contributed by atoms with Gasteiger partial charge < -0.3 is 24.7 Å². The van der Waals surface area contributed by atoms with E-state index < -0.39 is 0 Å². The lowest BCUT2D eigenvalue weighted by molar-refractivity contribution is -0.117. The molecule has 45 heavy (non-hydrogen) atoms. The van der Waals surface area contributed by atoms with Crippen LogP contribution < -0.4 is 15.4 Å². The monoisotopic (exact) mass is 608 g/mol. The van der Waals surface area contributed by atoms with Crippen LogP contribution in [0.2, 0.25) is 0 Å². The molecule has 4 heterocycles. The minimum Gasteiger partial charge on any atom is -0.455 e. The maximum Gasteiger partial charge on any atom is 0.228 e. The highest BCUT2D eigenvalue weighted by Crippen LogP contribution is 2.32. The van der Waals surface area contributed by atoms with Gasteiger partial charge in [0.15, 0.2) is 11.5 Å². The van der Waals surface area contributed by atoms with Gasteiger partial charge in [0.2, 0.25) is 11.9 Å². The number of nitrogens with zero attached hydrogens (tertiary/aromatic N) is 6. The fraction of sp³-hybridized carbons (Fsp3) is 0.382. The van der Waals surface area contributed by atoms with Gasteiger partial charge in [0.25, 0.3) is 0 Å². The van der Waals surface area contributed by atoms with Crippen LogP contribution >= 0.6 is 0 Å². The van der Waals surface area contributed by atoms with E-state index >= 15 is 0 Å². The van der Waals surface area contributed by atoms with Gasteiger partial charge in [-0.2, -0.15) is 10.1 Å². The molecule has 1 aromatic carbocycles. The molecule has 0 bridgehead atoms. The van der Waals surface area contributed by atoms with Crippen LogP contribution in [0, 0.1) is 11.8 Å². The second kappa shape index (κ2) is 12.7. The summed E-state index contributed by atoms with van der Waals surface area (Å²) in [5.74, 6) is 3.26. The van der Waals surface area contributed by atoms with Crippen LogP contribution in [0.25, 0.3) is 11.2 Å². The van der Waals surface area contributed by atoms with E-state index in [-0.39, 0.29) is 23.2 Å². The number of pyridine rings is 2. The summed E-state index contributed by atoms with van der Waals surface area (Å²) < 4.78 is 16.1. The van der Waals surface area contributed by atoms with Crippen LogP contribution in [-0.2, 0) is 35.1 Å². The number of ether oxygens (including phenoxy) is 2. The second-order valence-electron chi connectivity index (χ2n) is 12.8. The van der Waals surface area contributed by atoms with Gasteiger partial charge in [-0.05, 0) is 30.4 Å². The van der Waals surface area contributed by atoms with Crippen LogP contribution in [0.1, 0.15) is 51.8 Å². The number of carbonyl (C=O) groups is 1. The Morgan fingerprint density at radius 3 is 2.60 bits per heavy atom. The van der Waals surface area contributed by atoms with E-state index in [2.05, 4.69) is 71.2 Å². The van der Waals surface area contributed by atoms with E-state index in [1.165, 1.54) is 5.56 Å². The van der Waals surface area contributed by atoms with Crippen LogP contribution in [0.3, 0.4) is 0 Å². The summed E-state index contributed by atoms with van der Waals surface area (Å²) in [6.45, 7) is 10.7. The van der Waals surface area contributed by atoms with Crippen molar-refractivity contribution in [2.45, 2.75) is 59.1 Å². The van der Waals surface area contributed by atoms with Crippen LogP contribution in [0.4, 0.5) is 17.6 Å². The van der Waals surface area contributed by atoms with Gasteiger partial charge in [-0.25, -0.2) is 9.97 Å². The zero-order valence-electron chi connectivity index (χ0n) is 26.4. The third-order valence-electron chi connectivity index (χ3n) is 7.67. The van der Waals surface area contributed by atoms with Gasteiger partial charge in [0.05, 0.1) is 24.9 Å². The number of rotatable bonds is 12. The molecule has 1 aliphatic rings. The van der Waals surface area contributed by atoms with Crippen LogP contribution in [0.5, 0.6) is 11.5 Å². The van der Waals surface area contributed by atoms with Crippen molar-refractivity contribution in [3.8, 4) is 11.5 Å². The van der Waals surface area contributed by atoms with Gasteiger partial charge in [-0.1, -0.05) is 58.0 Å². The molecule has 6 rings (SSSR count). The molecule has 1 fully saturated rings. The lowest BCUT2D eigenvalue weighted by atomic mass is 9.92. The average molecular weight is 609 g/mol. The molecule has 0 radical (unpaired) electrons. The highest BCUT2D eigenvalue weighted by molar-refractivity contribution is 5.93. The maximum absolute atomic E-state index is 12.1. The summed E-state index contributed by atoms with van der Waals surface area (Å²) in [4.78, 5) is 25.6. The maximum atomic E-state index is 12.1. The van der Waals surface area contributed by atoms with E-state index in [0.717, 1.165) is 30.6 Å². The van der Waals surface area contributed by atoms with Gasteiger partial charge in [-0.3, -0.25) is 9.48 Å². The Balaban J connectivity index is 1.14. The molecule has 4 aromatic heterocycles. The molecule has 234 valence electrons. The summed E-state index contributed by atoms with van der Waals surface area (Å²) in [6.07, 6.45) is 5.10. The van der Waals surface area contributed by atoms with Crippen LogP contribution in [0.15, 0.2) is 67.0 Å². The highest BCUT2D eigenvalue weighted by atomic mass is 16.5. The number of aromatic nitrogens is 6. The second-order valence-corrected chi connectivity index (χ2v) is 12.8. The van der Waals surface area contributed by atoms with E-state index in [4.69, 9.17) is 19.6 Å². The Hall–Kier alpha value is -4.77. The molecule has 1 unspecified atom stereocenters. The first-order valence-electron chi connectivity index (χ1n) is 15.4. The highest BCUT2D eigenvalue weighted by Gasteiger charge is 2.30. The molecule has 1 amide bonds. The van der Waals surface area contributed by atoms with Gasteiger partial charge >= 0.3 is 0 Å². The number of hydrogen-bond donors (Lipinski definition) is 2. The number of anilines is 3. The Kier molecular flexibility index (Phi) is 8.53. The van der Waals surface area contributed by atoms with Crippen molar-refractivity contribution in [2.24, 2.45) is 18.9 Å². The van der Waals surface area contributed by atoms with Gasteiger partial charge in [0, 0.05) is 55.0 Å². The topological polar surface area (TPSA) is 121 Å². The Morgan fingerprint density at radius 2 is 1.84 bits per heavy atom. The summed E-state index contributed by atoms with van der Waals surface area (Å²) in [7, 11) is 1.93. The summed E-state index contributed by atoms with van der Waals surface area (Å²) >= 11 is 0. The molecule has 1 atom stereocenters. The van der Waals surface area contributed by atoms with Crippen molar-refractivity contribution < 1.29 is 14.3 Å². The predicted octanol–water partition coefficient (Wildman–Crippen LogP) is 6.59. The zero-order chi connectivity index (χ0) is 31.6. The number of benzene rings is 1. The quantitative estimate of drug-likeness (QED) is 0.163. The van der Waals surface area contributed by atoms with Crippen LogP contribution in [-0.4, -0.2) is 41.8 Å². The van der Waals surface area contributed by atoms with Gasteiger partial charge in [0.1, 0.15) is 17.3 Å². The van der Waals surface area contributed by atoms with Crippen molar-refractivity contribution in [1.82, 2.24) is 29.3 Å². The molecule has 2 N–H and O–H groups in total. The average Bonchev–Trinajstić information content (AvgIpc) is 3.72. The molecule has 0 aliphatic heterocycles. The smallest absolute Gasteiger partial charge is 0.228 e. The minimum atomic E-state index is -0.106. The van der Waals surface area contributed by atoms with Crippen molar-refractivity contribution >= 4 is 34.7 Å². The van der Waals surface area contributed by atoms with E-state index in [1.54, 1.807) is 24.5 Å². The SMILES string of the molecule is CC(COCc1ccccc1)Cn1nc(Nc2nc3ncc(Oc4ccnc(NC(=O)C5CC5)c4)cc3n2C)cc1C(C)(C)C. The molecular formula is C34H40N8O3. The van der Waals surface area contributed by atoms with Crippen molar-refractivity contribution in [3.05, 3.63) is 78.2 Å². The third kappa shape index (κ3) is 7.49. The van der Waals surface area contributed by atoms with E-state index in [1.807, 2.05) is 35.9 Å². The van der Waals surface area contributed by atoms with Crippen molar-refractivity contribution in [2.75, 3.05) is 17.2 Å². The normalized spacial score (nSPS) is 14.0. The number of hydrogen-bond acceptors (Lipinski definition) is 8. The first kappa shape index (κ1) is 30.3. The lowest BCUT2D eigenvalue weighted by Gasteiger charge is -2.22. The molecular weight excluding hydrogens is 568 g/mol. The molecule has 11 nitrogen and oxygen atoms in total. The Bertz CT molecular complexity index is 1790. The molecule has 5 aromatic rings. The number of aryl methyl sites for hydroxylation is 1. The van der Waals surface area contributed by atoms with E-state index in [9.17, 15) is 4.79 Å². The standard InChI is InChI=1S/C34H40N8O3/c1-22(20-44-21-23-9-7-6-8-10-23)19-42-28(34(2,3)4)17-30(40-42)38-33-39-31-27(41(33)5)15-26(18-36-31)45-25-13-14-35-29(16-25)37-32(43)24-11-12-24/h6-10,13-18,22,24H,11-12,19-21H2,1-5H3,(H,35,37,43)(H,36,38,39,40). The fourth-order valence-electron chi connectivity index (χ4n) is 5.11. The Labute approximate surface area is 263 Å². The predicted molar refractivity (Wildman–Crippen MR) is 174 cm³/mol. The summed E-state index contributed by atoms with van der Waals surface area (Å²) in [6, 6.07) is 17.6. The largest absolute Gasteiger partial charge is 0.455 e. The molecule has 1 saturated carbocycles.